The van der Waals surface area contributed by atoms with Gasteiger partial charge < -0.3 is 10.2 Å². The van der Waals surface area contributed by atoms with Crippen molar-refractivity contribution < 1.29 is 9.59 Å². The van der Waals surface area contributed by atoms with Crippen molar-refractivity contribution in [1.82, 2.24) is 10.2 Å². The molecule has 1 saturated carbocycles. The molecular formula is C19H26N2O2S. The molecule has 1 atom stereocenters. The number of aryl methyl sites for hydroxylation is 1. The van der Waals surface area contributed by atoms with Crippen molar-refractivity contribution in [2.45, 2.75) is 70.4 Å². The summed E-state index contributed by atoms with van der Waals surface area (Å²) in [5.74, 6) is 0.0714. The molecule has 0 aromatic carbocycles. The number of nitrogens with one attached hydrogen (secondary N) is 1. The third-order valence-electron chi connectivity index (χ3n) is 5.90. The van der Waals surface area contributed by atoms with E-state index in [2.05, 4.69) is 10.7 Å². The predicted octanol–water partition coefficient (Wildman–Crippen LogP) is 3.03. The van der Waals surface area contributed by atoms with Gasteiger partial charge in [0, 0.05) is 30.4 Å². The van der Waals surface area contributed by atoms with Crippen LogP contribution >= 0.6 is 11.3 Å². The van der Waals surface area contributed by atoms with Gasteiger partial charge in [0.1, 0.15) is 0 Å². The molecule has 1 aliphatic heterocycles. The van der Waals surface area contributed by atoms with Crippen molar-refractivity contribution in [1.29, 1.82) is 0 Å². The van der Waals surface area contributed by atoms with Gasteiger partial charge in [0.05, 0.1) is 5.92 Å². The summed E-state index contributed by atoms with van der Waals surface area (Å²) >= 11 is 1.84. The van der Waals surface area contributed by atoms with Crippen molar-refractivity contribution in [2.75, 3.05) is 6.54 Å². The lowest BCUT2D eigenvalue weighted by atomic mass is 9.96. The summed E-state index contributed by atoms with van der Waals surface area (Å²) in [7, 11) is 0. The van der Waals surface area contributed by atoms with Crippen LogP contribution in [0.4, 0.5) is 0 Å². The van der Waals surface area contributed by atoms with E-state index in [-0.39, 0.29) is 17.7 Å². The lowest BCUT2D eigenvalue weighted by Crippen LogP contribution is -2.36. The van der Waals surface area contributed by atoms with Gasteiger partial charge in [-0.15, -0.1) is 11.3 Å². The van der Waals surface area contributed by atoms with Gasteiger partial charge in [-0.25, -0.2) is 0 Å². The normalized spacial score (nSPS) is 24.4. The number of rotatable bonds is 4. The van der Waals surface area contributed by atoms with Crippen LogP contribution in [0.1, 0.15) is 60.9 Å². The topological polar surface area (TPSA) is 49.4 Å². The van der Waals surface area contributed by atoms with E-state index >= 15 is 0 Å². The Morgan fingerprint density at radius 3 is 2.83 bits per heavy atom. The summed E-state index contributed by atoms with van der Waals surface area (Å²) in [5, 5.41) is 5.31. The molecule has 2 fully saturated rings. The van der Waals surface area contributed by atoms with E-state index in [0.29, 0.717) is 25.6 Å². The third-order valence-corrected chi connectivity index (χ3v) is 7.03. The first-order valence-electron chi connectivity index (χ1n) is 9.37. The molecule has 0 spiro atoms. The molecule has 2 aliphatic carbocycles. The highest BCUT2D eigenvalue weighted by atomic mass is 32.1. The van der Waals surface area contributed by atoms with Crippen LogP contribution in [0.5, 0.6) is 0 Å². The van der Waals surface area contributed by atoms with Gasteiger partial charge in [0.15, 0.2) is 0 Å². The number of carbonyl (C=O) groups is 2. The molecule has 0 bridgehead atoms. The maximum absolute atomic E-state index is 12.5. The number of thiophene rings is 1. The van der Waals surface area contributed by atoms with Crippen LogP contribution in [0.15, 0.2) is 5.38 Å². The van der Waals surface area contributed by atoms with Crippen molar-refractivity contribution in [3.63, 3.8) is 0 Å². The number of fused-ring (bicyclic) bond motifs is 1. The molecule has 4 rings (SSSR count). The monoisotopic (exact) mass is 346 g/mol. The second-order valence-electron chi connectivity index (χ2n) is 7.47. The van der Waals surface area contributed by atoms with Crippen LogP contribution in [0.3, 0.4) is 0 Å². The molecule has 130 valence electrons. The molecule has 2 amide bonds. The van der Waals surface area contributed by atoms with E-state index in [0.717, 1.165) is 19.3 Å². The minimum atomic E-state index is -0.160. The Hall–Kier alpha value is -1.36. The first-order valence-corrected chi connectivity index (χ1v) is 10.3. The Labute approximate surface area is 147 Å². The summed E-state index contributed by atoms with van der Waals surface area (Å²) in [6.07, 6.45) is 9.96. The quantitative estimate of drug-likeness (QED) is 0.911. The SMILES string of the molecule is O=C(NCc1csc2c1CCCC2)C1CC(=O)N(C2CCCC2)C1. The zero-order chi connectivity index (χ0) is 16.5. The van der Waals surface area contributed by atoms with Gasteiger partial charge in [0.25, 0.3) is 0 Å². The van der Waals surface area contributed by atoms with E-state index in [1.54, 1.807) is 0 Å². The molecule has 1 unspecified atom stereocenters. The van der Waals surface area contributed by atoms with Crippen LogP contribution in [0.25, 0.3) is 0 Å². The van der Waals surface area contributed by atoms with E-state index in [9.17, 15) is 9.59 Å². The maximum Gasteiger partial charge on any atom is 0.225 e. The minimum absolute atomic E-state index is 0.0552. The average Bonchev–Trinajstić information content (AvgIpc) is 3.32. The lowest BCUT2D eigenvalue weighted by Gasteiger charge is -2.23. The van der Waals surface area contributed by atoms with Crippen molar-refractivity contribution in [2.24, 2.45) is 5.92 Å². The lowest BCUT2D eigenvalue weighted by molar-refractivity contribution is -0.130. The molecule has 24 heavy (non-hydrogen) atoms. The number of nitrogens with zero attached hydrogens (tertiary/aromatic N) is 1. The maximum atomic E-state index is 12.5. The Bertz CT molecular complexity index is 633. The molecule has 1 aromatic rings. The van der Waals surface area contributed by atoms with Crippen molar-refractivity contribution in [3.8, 4) is 0 Å². The van der Waals surface area contributed by atoms with E-state index in [1.165, 1.54) is 48.1 Å². The summed E-state index contributed by atoms with van der Waals surface area (Å²) in [6, 6.07) is 0.388. The van der Waals surface area contributed by atoms with E-state index < -0.39 is 0 Å². The molecule has 0 radical (unpaired) electrons. The van der Waals surface area contributed by atoms with Crippen LogP contribution in [-0.2, 0) is 29.0 Å². The minimum Gasteiger partial charge on any atom is -0.352 e. The highest BCUT2D eigenvalue weighted by Crippen LogP contribution is 2.31. The molecule has 1 aromatic heterocycles. The molecule has 3 aliphatic rings. The van der Waals surface area contributed by atoms with Gasteiger partial charge in [0.2, 0.25) is 11.8 Å². The summed E-state index contributed by atoms with van der Waals surface area (Å²) < 4.78 is 0. The Balaban J connectivity index is 1.33. The fourth-order valence-corrected chi connectivity index (χ4v) is 5.66. The first kappa shape index (κ1) is 16.1. The third kappa shape index (κ3) is 3.10. The number of likely N-dealkylation sites (tertiary alicyclic amines) is 1. The van der Waals surface area contributed by atoms with Crippen LogP contribution in [-0.4, -0.2) is 29.3 Å². The van der Waals surface area contributed by atoms with Crippen LogP contribution in [0.2, 0.25) is 0 Å². The number of carbonyl (C=O) groups excluding carboxylic acids is 2. The fraction of sp³-hybridized carbons (Fsp3) is 0.684. The number of amides is 2. The standard InChI is InChI=1S/C19H26N2O2S/c22-18-9-13(11-21(18)15-5-1-2-6-15)19(23)20-10-14-12-24-17-8-4-3-7-16(14)17/h12-13,15H,1-11H2,(H,20,23). The zero-order valence-electron chi connectivity index (χ0n) is 14.2. The summed E-state index contributed by atoms with van der Waals surface area (Å²) in [4.78, 5) is 28.3. The number of hydrogen-bond donors (Lipinski definition) is 1. The molecule has 1 N–H and O–H groups in total. The van der Waals surface area contributed by atoms with Gasteiger partial charge in [-0.2, -0.15) is 0 Å². The van der Waals surface area contributed by atoms with Gasteiger partial charge >= 0.3 is 0 Å². The molecule has 5 heteroatoms. The fourth-order valence-electron chi connectivity index (χ4n) is 4.51. The van der Waals surface area contributed by atoms with Crippen molar-refractivity contribution >= 4 is 23.2 Å². The first-order chi connectivity index (χ1) is 11.7. The molecule has 4 nitrogen and oxygen atoms in total. The average molecular weight is 346 g/mol. The van der Waals surface area contributed by atoms with Crippen molar-refractivity contribution in [3.05, 3.63) is 21.4 Å². The summed E-state index contributed by atoms with van der Waals surface area (Å²) in [6.45, 7) is 1.25. The number of hydrogen-bond acceptors (Lipinski definition) is 3. The predicted molar refractivity (Wildman–Crippen MR) is 94.9 cm³/mol. The van der Waals surface area contributed by atoms with Crippen LogP contribution in [0, 0.1) is 5.92 Å². The highest BCUT2D eigenvalue weighted by molar-refractivity contribution is 7.10. The molecular weight excluding hydrogens is 320 g/mol. The smallest absolute Gasteiger partial charge is 0.225 e. The Morgan fingerprint density at radius 2 is 2.00 bits per heavy atom. The van der Waals surface area contributed by atoms with Crippen LogP contribution < -0.4 is 5.32 Å². The Kier molecular flexibility index (Phi) is 4.61. The van der Waals surface area contributed by atoms with Gasteiger partial charge in [-0.3, -0.25) is 9.59 Å². The van der Waals surface area contributed by atoms with Gasteiger partial charge in [-0.1, -0.05) is 12.8 Å². The summed E-state index contributed by atoms with van der Waals surface area (Å²) in [5.41, 5.74) is 2.77. The molecule has 2 heterocycles. The van der Waals surface area contributed by atoms with E-state index in [1.807, 2.05) is 16.2 Å². The largest absolute Gasteiger partial charge is 0.352 e. The zero-order valence-corrected chi connectivity index (χ0v) is 15.0. The highest BCUT2D eigenvalue weighted by Gasteiger charge is 2.38. The molecule has 1 saturated heterocycles. The Morgan fingerprint density at radius 1 is 1.21 bits per heavy atom. The van der Waals surface area contributed by atoms with Gasteiger partial charge in [-0.05, 0) is 55.0 Å². The van der Waals surface area contributed by atoms with E-state index in [4.69, 9.17) is 0 Å². The second kappa shape index (κ2) is 6.87. The second-order valence-corrected chi connectivity index (χ2v) is 8.44.